The third-order valence-electron chi connectivity index (χ3n) is 3.90. The zero-order valence-corrected chi connectivity index (χ0v) is 12.4. The van der Waals surface area contributed by atoms with Crippen LogP contribution in [-0.4, -0.2) is 22.6 Å². The van der Waals surface area contributed by atoms with E-state index in [0.29, 0.717) is 13.0 Å². The SMILES string of the molecule is O=C(Cl)C(=O)N1CCc2ccccc2C1c1ccc(F)cc1. The van der Waals surface area contributed by atoms with Crippen LogP contribution >= 0.6 is 11.6 Å². The lowest BCUT2D eigenvalue weighted by molar-refractivity contribution is -0.142. The third kappa shape index (κ3) is 2.62. The van der Waals surface area contributed by atoms with Crippen molar-refractivity contribution in [1.82, 2.24) is 4.90 Å². The molecule has 0 N–H and O–H groups in total. The summed E-state index contributed by atoms with van der Waals surface area (Å²) in [5, 5.41) is -1.01. The van der Waals surface area contributed by atoms with Crippen LogP contribution in [0.1, 0.15) is 22.7 Å². The van der Waals surface area contributed by atoms with Crippen LogP contribution in [0.4, 0.5) is 4.39 Å². The van der Waals surface area contributed by atoms with E-state index in [0.717, 1.165) is 16.7 Å². The van der Waals surface area contributed by atoms with Crippen molar-refractivity contribution < 1.29 is 14.0 Å². The van der Waals surface area contributed by atoms with Gasteiger partial charge in [-0.25, -0.2) is 4.39 Å². The van der Waals surface area contributed by atoms with Crippen molar-refractivity contribution in [3.05, 3.63) is 71.0 Å². The Hall–Kier alpha value is -2.20. The zero-order chi connectivity index (χ0) is 15.7. The summed E-state index contributed by atoms with van der Waals surface area (Å²) >= 11 is 5.38. The monoisotopic (exact) mass is 317 g/mol. The summed E-state index contributed by atoms with van der Waals surface area (Å²) in [6, 6.07) is 13.2. The number of hydrogen-bond acceptors (Lipinski definition) is 2. The van der Waals surface area contributed by atoms with E-state index < -0.39 is 17.2 Å². The maximum atomic E-state index is 13.2. The van der Waals surface area contributed by atoms with E-state index in [1.165, 1.54) is 17.0 Å². The fourth-order valence-corrected chi connectivity index (χ4v) is 3.01. The van der Waals surface area contributed by atoms with Crippen molar-refractivity contribution in [3.8, 4) is 0 Å². The van der Waals surface area contributed by atoms with Crippen molar-refractivity contribution in [2.75, 3.05) is 6.54 Å². The highest BCUT2D eigenvalue weighted by molar-refractivity contribution is 6.80. The van der Waals surface area contributed by atoms with Crippen molar-refractivity contribution in [2.45, 2.75) is 12.5 Å². The number of rotatable bonds is 2. The predicted molar refractivity (Wildman–Crippen MR) is 81.0 cm³/mol. The van der Waals surface area contributed by atoms with Crippen molar-refractivity contribution in [3.63, 3.8) is 0 Å². The Bertz CT molecular complexity index is 730. The molecule has 0 saturated carbocycles. The van der Waals surface area contributed by atoms with Crippen LogP contribution in [0.2, 0.25) is 0 Å². The van der Waals surface area contributed by atoms with E-state index in [-0.39, 0.29) is 5.82 Å². The number of carbonyl (C=O) groups excluding carboxylic acids is 2. The average molecular weight is 318 g/mol. The van der Waals surface area contributed by atoms with Gasteiger partial charge in [0.05, 0.1) is 6.04 Å². The Kier molecular flexibility index (Phi) is 3.94. The topological polar surface area (TPSA) is 37.4 Å². The second-order valence-corrected chi connectivity index (χ2v) is 5.52. The molecule has 112 valence electrons. The zero-order valence-electron chi connectivity index (χ0n) is 11.6. The lowest BCUT2D eigenvalue weighted by Gasteiger charge is -2.37. The summed E-state index contributed by atoms with van der Waals surface area (Å²) in [5.41, 5.74) is 2.80. The molecule has 0 spiro atoms. The Morgan fingerprint density at radius 1 is 1.09 bits per heavy atom. The van der Waals surface area contributed by atoms with Crippen molar-refractivity contribution >= 4 is 22.8 Å². The minimum absolute atomic E-state index is 0.348. The van der Waals surface area contributed by atoms with Gasteiger partial charge < -0.3 is 4.90 Å². The molecule has 1 atom stereocenters. The quantitative estimate of drug-likeness (QED) is 0.630. The molecule has 3 rings (SSSR count). The summed E-state index contributed by atoms with van der Waals surface area (Å²) < 4.78 is 13.2. The molecule has 3 nitrogen and oxygen atoms in total. The lowest BCUT2D eigenvalue weighted by atomic mass is 9.88. The first-order valence-electron chi connectivity index (χ1n) is 6.91. The molecular formula is C17H13ClFNO2. The number of amides is 1. The Morgan fingerprint density at radius 3 is 2.45 bits per heavy atom. The number of benzene rings is 2. The van der Waals surface area contributed by atoms with Gasteiger partial charge in [0.1, 0.15) is 5.82 Å². The van der Waals surface area contributed by atoms with Gasteiger partial charge in [-0.15, -0.1) is 0 Å². The molecule has 0 saturated heterocycles. The average Bonchev–Trinajstić information content (AvgIpc) is 2.54. The summed E-state index contributed by atoms with van der Waals surface area (Å²) in [5.74, 6) is -1.08. The van der Waals surface area contributed by atoms with Gasteiger partial charge in [0.2, 0.25) is 0 Å². The van der Waals surface area contributed by atoms with E-state index in [1.54, 1.807) is 12.1 Å². The summed E-state index contributed by atoms with van der Waals surface area (Å²) in [4.78, 5) is 24.9. The molecule has 1 unspecified atom stereocenters. The highest BCUT2D eigenvalue weighted by atomic mass is 35.5. The first kappa shape index (κ1) is 14.7. The van der Waals surface area contributed by atoms with E-state index in [2.05, 4.69) is 0 Å². The van der Waals surface area contributed by atoms with E-state index >= 15 is 0 Å². The van der Waals surface area contributed by atoms with Crippen LogP contribution in [0.25, 0.3) is 0 Å². The van der Waals surface area contributed by atoms with Gasteiger partial charge in [-0.1, -0.05) is 36.4 Å². The maximum Gasteiger partial charge on any atom is 0.310 e. The molecule has 0 aromatic heterocycles. The van der Waals surface area contributed by atoms with E-state index in [9.17, 15) is 14.0 Å². The molecule has 2 aromatic carbocycles. The molecule has 5 heteroatoms. The van der Waals surface area contributed by atoms with Gasteiger partial charge in [0.25, 0.3) is 0 Å². The van der Waals surface area contributed by atoms with Crippen LogP contribution in [0.3, 0.4) is 0 Å². The standard InChI is InChI=1S/C17H13ClFNO2/c18-16(21)17(22)20-10-9-11-3-1-2-4-14(11)15(20)12-5-7-13(19)8-6-12/h1-8,15H,9-10H2. The fourth-order valence-electron chi connectivity index (χ4n) is 2.90. The van der Waals surface area contributed by atoms with Gasteiger partial charge >= 0.3 is 11.1 Å². The molecule has 1 heterocycles. The second kappa shape index (κ2) is 5.89. The molecule has 1 aliphatic heterocycles. The lowest BCUT2D eigenvalue weighted by Crippen LogP contribution is -2.42. The number of hydrogen-bond donors (Lipinski definition) is 0. The predicted octanol–water partition coefficient (Wildman–Crippen LogP) is 3.07. The summed E-state index contributed by atoms with van der Waals surface area (Å²) in [6.07, 6.45) is 0.657. The molecule has 1 aliphatic rings. The molecule has 2 aromatic rings. The molecule has 0 aliphatic carbocycles. The Morgan fingerprint density at radius 2 is 1.77 bits per heavy atom. The fraction of sp³-hybridized carbons (Fsp3) is 0.176. The first-order valence-corrected chi connectivity index (χ1v) is 7.29. The van der Waals surface area contributed by atoms with Crippen molar-refractivity contribution in [2.24, 2.45) is 0 Å². The Balaban J connectivity index is 2.11. The first-order chi connectivity index (χ1) is 10.6. The number of nitrogens with zero attached hydrogens (tertiary/aromatic N) is 1. The van der Waals surface area contributed by atoms with Gasteiger partial charge in [0.15, 0.2) is 0 Å². The number of halogens is 2. The molecule has 1 amide bonds. The Labute approximate surface area is 132 Å². The number of fused-ring (bicyclic) bond motifs is 1. The highest BCUT2D eigenvalue weighted by Gasteiger charge is 2.34. The molecule has 0 bridgehead atoms. The van der Waals surface area contributed by atoms with Crippen LogP contribution < -0.4 is 0 Å². The third-order valence-corrected chi connectivity index (χ3v) is 4.06. The van der Waals surface area contributed by atoms with Gasteiger partial charge in [-0.2, -0.15) is 0 Å². The van der Waals surface area contributed by atoms with E-state index in [1.807, 2.05) is 24.3 Å². The summed E-state index contributed by atoms with van der Waals surface area (Å²) in [6.45, 7) is 0.399. The maximum absolute atomic E-state index is 13.2. The van der Waals surface area contributed by atoms with Crippen LogP contribution in [-0.2, 0) is 16.0 Å². The van der Waals surface area contributed by atoms with Crippen LogP contribution in [0, 0.1) is 5.82 Å². The second-order valence-electron chi connectivity index (χ2n) is 5.18. The molecule has 0 fully saturated rings. The van der Waals surface area contributed by atoms with Crippen LogP contribution in [0.5, 0.6) is 0 Å². The highest BCUT2D eigenvalue weighted by Crippen LogP contribution is 2.35. The van der Waals surface area contributed by atoms with Gasteiger partial charge in [0, 0.05) is 6.54 Å². The molecule has 0 radical (unpaired) electrons. The van der Waals surface area contributed by atoms with E-state index in [4.69, 9.17) is 11.6 Å². The molecule has 22 heavy (non-hydrogen) atoms. The minimum Gasteiger partial charge on any atom is -0.324 e. The molecular weight excluding hydrogens is 305 g/mol. The van der Waals surface area contributed by atoms with Crippen molar-refractivity contribution in [1.29, 1.82) is 0 Å². The number of carbonyl (C=O) groups is 2. The van der Waals surface area contributed by atoms with Gasteiger partial charge in [-0.3, -0.25) is 9.59 Å². The largest absolute Gasteiger partial charge is 0.324 e. The summed E-state index contributed by atoms with van der Waals surface area (Å²) in [7, 11) is 0. The minimum atomic E-state index is -1.01. The smallest absolute Gasteiger partial charge is 0.310 e. The van der Waals surface area contributed by atoms with Crippen LogP contribution in [0.15, 0.2) is 48.5 Å². The van der Waals surface area contributed by atoms with Gasteiger partial charge in [-0.05, 0) is 46.8 Å². The normalized spacial score (nSPS) is 17.0.